The minimum Gasteiger partial charge on any atom is -0.493 e. The van der Waals surface area contributed by atoms with Gasteiger partial charge in [0.15, 0.2) is 11.5 Å². The first-order valence-electron chi connectivity index (χ1n) is 7.11. The molecule has 0 saturated carbocycles. The largest absolute Gasteiger partial charge is 0.493 e. The van der Waals surface area contributed by atoms with Crippen molar-refractivity contribution >= 4 is 45.9 Å². The number of thiocarbonyl (C=S) groups is 1. The zero-order valence-electron chi connectivity index (χ0n) is 13.3. The lowest BCUT2D eigenvalue weighted by Gasteiger charge is -2.14. The van der Waals surface area contributed by atoms with Crippen LogP contribution in [0.5, 0.6) is 11.5 Å². The van der Waals surface area contributed by atoms with Gasteiger partial charge in [-0.1, -0.05) is 30.4 Å². The Kier molecular flexibility index (Phi) is 6.73. The van der Waals surface area contributed by atoms with Gasteiger partial charge >= 0.3 is 0 Å². The molecular weight excluding hydrogens is 454 g/mol. The van der Waals surface area contributed by atoms with Gasteiger partial charge in [0, 0.05) is 5.56 Å². The van der Waals surface area contributed by atoms with E-state index in [1.165, 1.54) is 13.2 Å². The van der Waals surface area contributed by atoms with Crippen molar-refractivity contribution in [1.29, 1.82) is 5.26 Å². The zero-order valence-corrected chi connectivity index (χ0v) is 16.2. The number of benzene rings is 2. The molecule has 0 saturated heterocycles. The second-order valence-corrected chi connectivity index (χ2v) is 6.55. The molecule has 7 heteroatoms. The Bertz CT molecular complexity index is 878. The number of halogens is 2. The van der Waals surface area contributed by atoms with E-state index < -0.39 is 0 Å². The fourth-order valence-corrected chi connectivity index (χ4v) is 2.94. The lowest BCUT2D eigenvalue weighted by molar-refractivity contribution is 0.277. The third kappa shape index (κ3) is 4.90. The van der Waals surface area contributed by atoms with E-state index in [1.807, 2.05) is 6.07 Å². The van der Waals surface area contributed by atoms with E-state index in [0.717, 1.165) is 3.57 Å². The molecule has 2 N–H and O–H groups in total. The monoisotopic (exact) mass is 468 g/mol. The van der Waals surface area contributed by atoms with Crippen LogP contribution in [0.15, 0.2) is 42.0 Å². The summed E-state index contributed by atoms with van der Waals surface area (Å²) in [4.78, 5) is 0.0244. The normalized spacial score (nSPS) is 10.9. The highest BCUT2D eigenvalue weighted by atomic mass is 127. The number of hydrogen-bond acceptors (Lipinski definition) is 4. The smallest absolute Gasteiger partial charge is 0.174 e. The summed E-state index contributed by atoms with van der Waals surface area (Å²) in [6.45, 7) is 0.0740. The maximum atomic E-state index is 13.7. The van der Waals surface area contributed by atoms with Gasteiger partial charge in [-0.25, -0.2) is 4.39 Å². The molecule has 0 amide bonds. The second kappa shape index (κ2) is 8.78. The first-order valence-corrected chi connectivity index (χ1v) is 8.60. The zero-order chi connectivity index (χ0) is 18.4. The van der Waals surface area contributed by atoms with Gasteiger partial charge in [-0.15, -0.1) is 0 Å². The van der Waals surface area contributed by atoms with Crippen molar-refractivity contribution in [2.24, 2.45) is 5.73 Å². The number of hydrogen-bond donors (Lipinski definition) is 1. The second-order valence-electron chi connectivity index (χ2n) is 4.95. The minimum absolute atomic E-state index is 0.0244. The van der Waals surface area contributed by atoms with Crippen molar-refractivity contribution in [2.75, 3.05) is 7.11 Å². The Morgan fingerprint density at radius 3 is 2.72 bits per heavy atom. The van der Waals surface area contributed by atoms with E-state index in [1.54, 1.807) is 36.4 Å². The summed E-state index contributed by atoms with van der Waals surface area (Å²) in [7, 11) is 1.51. The summed E-state index contributed by atoms with van der Waals surface area (Å²) in [6, 6.07) is 11.9. The number of nitrogens with two attached hydrogens (primary N) is 1. The summed E-state index contributed by atoms with van der Waals surface area (Å²) in [5.41, 5.74) is 6.86. The fourth-order valence-electron chi connectivity index (χ4n) is 2.05. The van der Waals surface area contributed by atoms with Crippen molar-refractivity contribution in [2.45, 2.75) is 6.61 Å². The van der Waals surface area contributed by atoms with Crippen molar-refractivity contribution in [1.82, 2.24) is 0 Å². The standard InChI is InChI=1S/C18H14FIN2O2S/c1-23-16-8-11(6-13(9-21)18(22)25)7-15(20)17(16)24-10-12-4-2-3-5-14(12)19/h2-8H,10H2,1H3,(H2,22,25)/b13-6+. The average molecular weight is 468 g/mol. The maximum absolute atomic E-state index is 13.7. The van der Waals surface area contributed by atoms with E-state index >= 15 is 0 Å². The Morgan fingerprint density at radius 2 is 2.12 bits per heavy atom. The van der Waals surface area contributed by atoms with Gasteiger partial charge in [-0.2, -0.15) is 5.26 Å². The SMILES string of the molecule is COc1cc(/C=C(\C#N)C(N)=S)cc(I)c1OCc1ccccc1F. The fraction of sp³-hybridized carbons (Fsp3) is 0.111. The molecule has 2 rings (SSSR count). The van der Waals surface area contributed by atoms with Crippen LogP contribution in [0.2, 0.25) is 0 Å². The van der Waals surface area contributed by atoms with Gasteiger partial charge in [0.05, 0.1) is 16.3 Å². The quantitative estimate of drug-likeness (QED) is 0.298. The topological polar surface area (TPSA) is 68.3 Å². The van der Waals surface area contributed by atoms with Crippen molar-refractivity contribution in [3.8, 4) is 17.6 Å². The average Bonchev–Trinajstić information content (AvgIpc) is 2.59. The van der Waals surface area contributed by atoms with Gasteiger partial charge in [0.25, 0.3) is 0 Å². The highest BCUT2D eigenvalue weighted by molar-refractivity contribution is 14.1. The van der Waals surface area contributed by atoms with Crippen LogP contribution < -0.4 is 15.2 Å². The first kappa shape index (κ1) is 19.1. The van der Waals surface area contributed by atoms with E-state index in [2.05, 4.69) is 22.6 Å². The molecule has 2 aromatic carbocycles. The van der Waals surface area contributed by atoms with E-state index in [9.17, 15) is 4.39 Å². The van der Waals surface area contributed by atoms with Gasteiger partial charge in [-0.3, -0.25) is 0 Å². The number of methoxy groups -OCH3 is 1. The van der Waals surface area contributed by atoms with Crippen LogP contribution in [0.3, 0.4) is 0 Å². The van der Waals surface area contributed by atoms with Crippen LogP contribution in [0.25, 0.3) is 6.08 Å². The third-order valence-electron chi connectivity index (χ3n) is 3.28. The van der Waals surface area contributed by atoms with Gasteiger partial charge < -0.3 is 15.2 Å². The number of rotatable bonds is 6. The molecular formula is C18H14FIN2O2S. The Hall–Kier alpha value is -2.18. The molecule has 25 heavy (non-hydrogen) atoms. The Morgan fingerprint density at radius 1 is 1.40 bits per heavy atom. The molecule has 2 aromatic rings. The van der Waals surface area contributed by atoms with Gasteiger partial charge in [0.2, 0.25) is 0 Å². The molecule has 0 heterocycles. The molecule has 0 atom stereocenters. The molecule has 0 aliphatic rings. The summed E-state index contributed by atoms with van der Waals surface area (Å²) in [5, 5.41) is 9.07. The van der Waals surface area contributed by atoms with Crippen LogP contribution in [-0.2, 0) is 6.61 Å². The van der Waals surface area contributed by atoms with Crippen LogP contribution in [0.1, 0.15) is 11.1 Å². The van der Waals surface area contributed by atoms with Crippen LogP contribution in [-0.4, -0.2) is 12.1 Å². The lowest BCUT2D eigenvalue weighted by atomic mass is 10.1. The molecule has 0 aliphatic carbocycles. The summed E-state index contributed by atoms with van der Waals surface area (Å²) < 4.78 is 25.6. The summed E-state index contributed by atoms with van der Waals surface area (Å²) in [5.74, 6) is 0.637. The van der Waals surface area contributed by atoms with E-state index in [4.69, 9.17) is 32.7 Å². The Labute approximate surface area is 164 Å². The van der Waals surface area contributed by atoms with Crippen LogP contribution in [0.4, 0.5) is 4.39 Å². The van der Waals surface area contributed by atoms with Crippen LogP contribution >= 0.6 is 34.8 Å². The summed E-state index contributed by atoms with van der Waals surface area (Å²) >= 11 is 6.92. The molecule has 0 unspecified atom stereocenters. The lowest BCUT2D eigenvalue weighted by Crippen LogP contribution is -2.09. The van der Waals surface area contributed by atoms with Crippen molar-refractivity contribution < 1.29 is 13.9 Å². The van der Waals surface area contributed by atoms with E-state index in [-0.39, 0.29) is 23.0 Å². The number of nitrogens with zero attached hydrogens (tertiary/aromatic N) is 1. The van der Waals surface area contributed by atoms with Crippen molar-refractivity contribution in [3.63, 3.8) is 0 Å². The summed E-state index contributed by atoms with van der Waals surface area (Å²) in [6.07, 6.45) is 1.58. The highest BCUT2D eigenvalue weighted by Crippen LogP contribution is 2.35. The molecule has 4 nitrogen and oxygen atoms in total. The maximum Gasteiger partial charge on any atom is 0.174 e. The van der Waals surface area contributed by atoms with Gasteiger partial charge in [-0.05, 0) is 52.4 Å². The first-order chi connectivity index (χ1) is 12.0. The van der Waals surface area contributed by atoms with E-state index in [0.29, 0.717) is 22.6 Å². The molecule has 0 radical (unpaired) electrons. The Balaban J connectivity index is 2.33. The molecule has 128 valence electrons. The highest BCUT2D eigenvalue weighted by Gasteiger charge is 2.13. The van der Waals surface area contributed by atoms with Gasteiger partial charge in [0.1, 0.15) is 23.5 Å². The number of ether oxygens (including phenoxy) is 2. The predicted molar refractivity (Wildman–Crippen MR) is 107 cm³/mol. The minimum atomic E-state index is -0.328. The van der Waals surface area contributed by atoms with Crippen molar-refractivity contribution in [3.05, 3.63) is 62.5 Å². The number of nitriles is 1. The molecule has 0 aliphatic heterocycles. The predicted octanol–water partition coefficient (Wildman–Crippen LogP) is 4.21. The van der Waals surface area contributed by atoms with Crippen LogP contribution in [0, 0.1) is 20.7 Å². The molecule has 0 fully saturated rings. The third-order valence-corrected chi connectivity index (χ3v) is 4.30. The molecule has 0 spiro atoms. The molecule has 0 bridgehead atoms. The molecule has 0 aromatic heterocycles.